The molecule has 0 spiro atoms. The maximum Gasteiger partial charge on any atom is 0.342 e. The molecule has 29 heavy (non-hydrogen) atoms. The van der Waals surface area contributed by atoms with Gasteiger partial charge in [-0.1, -0.05) is 12.1 Å². The molecule has 1 N–H and O–H groups in total. The molecule has 2 aromatic heterocycles. The predicted molar refractivity (Wildman–Crippen MR) is 104 cm³/mol. The van der Waals surface area contributed by atoms with Crippen molar-refractivity contribution in [2.75, 3.05) is 13.7 Å². The van der Waals surface area contributed by atoms with Crippen molar-refractivity contribution in [1.29, 1.82) is 0 Å². The largest absolute Gasteiger partial charge is 0.497 e. The molecule has 3 rings (SSSR count). The van der Waals surface area contributed by atoms with E-state index in [0.717, 1.165) is 10.1 Å². The maximum atomic E-state index is 12.8. The average molecular weight is 399 g/mol. The third kappa shape index (κ3) is 4.29. The summed E-state index contributed by atoms with van der Waals surface area (Å²) in [6.45, 7) is 3.40. The van der Waals surface area contributed by atoms with Crippen LogP contribution in [0.1, 0.15) is 28.6 Å². The van der Waals surface area contributed by atoms with Crippen LogP contribution in [0, 0.1) is 6.92 Å². The van der Waals surface area contributed by atoms with Crippen molar-refractivity contribution < 1.29 is 23.5 Å². The molecular formula is C20H21N3O6. The van der Waals surface area contributed by atoms with Crippen molar-refractivity contribution >= 4 is 23.0 Å². The highest BCUT2D eigenvalue weighted by atomic mass is 16.5. The average Bonchev–Trinajstić information content (AvgIpc) is 3.05. The smallest absolute Gasteiger partial charge is 0.342 e. The van der Waals surface area contributed by atoms with Crippen LogP contribution in [0.25, 0.3) is 11.1 Å². The lowest BCUT2D eigenvalue weighted by Gasteiger charge is -2.08. The number of fused-ring (bicyclic) bond motifs is 1. The fraction of sp³-hybridized carbons (Fsp3) is 0.300. The van der Waals surface area contributed by atoms with Gasteiger partial charge in [-0.2, -0.15) is 0 Å². The Bertz CT molecular complexity index is 1120. The lowest BCUT2D eigenvalue weighted by Crippen LogP contribution is -2.32. The maximum absolute atomic E-state index is 12.8. The van der Waals surface area contributed by atoms with Crippen LogP contribution < -0.4 is 15.6 Å². The van der Waals surface area contributed by atoms with Gasteiger partial charge in [0.25, 0.3) is 5.56 Å². The van der Waals surface area contributed by atoms with E-state index >= 15 is 0 Å². The van der Waals surface area contributed by atoms with Gasteiger partial charge >= 0.3 is 5.97 Å². The minimum absolute atomic E-state index is 0.00375. The highest BCUT2D eigenvalue weighted by Gasteiger charge is 2.24. The summed E-state index contributed by atoms with van der Waals surface area (Å²) in [5, 5.41) is 2.74. The van der Waals surface area contributed by atoms with Crippen molar-refractivity contribution in [3.8, 4) is 5.75 Å². The number of hydrogen-bond acceptors (Lipinski definition) is 7. The zero-order valence-electron chi connectivity index (χ0n) is 16.4. The predicted octanol–water partition coefficient (Wildman–Crippen LogP) is 1.80. The van der Waals surface area contributed by atoms with E-state index in [1.54, 1.807) is 33.1 Å². The Kier molecular flexibility index (Phi) is 5.96. The quantitative estimate of drug-likeness (QED) is 0.603. The molecule has 0 atom stereocenters. The van der Waals surface area contributed by atoms with E-state index in [-0.39, 0.29) is 48.0 Å². The number of nitrogens with one attached hydrogen (secondary N) is 1. The molecular weight excluding hydrogens is 378 g/mol. The molecule has 9 nitrogen and oxygen atoms in total. The molecule has 9 heteroatoms. The number of carbonyl (C=O) groups is 2. The summed E-state index contributed by atoms with van der Waals surface area (Å²) in [4.78, 5) is 41.4. The van der Waals surface area contributed by atoms with Gasteiger partial charge in [0.05, 0.1) is 13.7 Å². The second-order valence-electron chi connectivity index (χ2n) is 6.24. The Balaban J connectivity index is 1.80. The molecule has 0 fully saturated rings. The Hall–Kier alpha value is -3.62. The summed E-state index contributed by atoms with van der Waals surface area (Å²) in [7, 11) is 1.56. The molecule has 3 aromatic rings. The van der Waals surface area contributed by atoms with Gasteiger partial charge in [0.1, 0.15) is 35.3 Å². The number of aromatic nitrogens is 2. The van der Waals surface area contributed by atoms with Crippen LogP contribution >= 0.6 is 0 Å². The number of carbonyl (C=O) groups excluding carboxylic acids is 2. The van der Waals surface area contributed by atoms with Gasteiger partial charge in [0.15, 0.2) is 0 Å². The lowest BCUT2D eigenvalue weighted by molar-refractivity contribution is -0.121. The second-order valence-corrected chi connectivity index (χ2v) is 6.24. The number of hydrogen-bond donors (Lipinski definition) is 1. The summed E-state index contributed by atoms with van der Waals surface area (Å²) in [6.07, 6.45) is 1.22. The molecule has 152 valence electrons. The number of aryl methyl sites for hydroxylation is 1. The Labute approximate surface area is 166 Å². The first-order chi connectivity index (χ1) is 13.9. The topological polar surface area (TPSA) is 113 Å². The third-order valence-corrected chi connectivity index (χ3v) is 4.27. The number of esters is 1. The molecule has 1 aromatic carbocycles. The van der Waals surface area contributed by atoms with Crippen LogP contribution in [0.2, 0.25) is 0 Å². The van der Waals surface area contributed by atoms with Crippen LogP contribution in [0.15, 0.2) is 39.8 Å². The monoisotopic (exact) mass is 399 g/mol. The highest BCUT2D eigenvalue weighted by Crippen LogP contribution is 2.21. The SMILES string of the molecule is CCOC(=O)c1c(C)oc2ncn(CC(=O)NCc3cccc(OC)c3)c(=O)c12. The molecule has 0 aliphatic rings. The van der Waals surface area contributed by atoms with Gasteiger partial charge in [-0.25, -0.2) is 9.78 Å². The molecule has 0 bridgehead atoms. The number of methoxy groups -OCH3 is 1. The van der Waals surface area contributed by atoms with E-state index in [1.807, 2.05) is 12.1 Å². The van der Waals surface area contributed by atoms with E-state index in [1.165, 1.54) is 6.33 Å². The zero-order valence-corrected chi connectivity index (χ0v) is 16.4. The third-order valence-electron chi connectivity index (χ3n) is 4.27. The van der Waals surface area contributed by atoms with Crippen molar-refractivity contribution in [2.45, 2.75) is 26.9 Å². The minimum Gasteiger partial charge on any atom is -0.497 e. The van der Waals surface area contributed by atoms with Gasteiger partial charge in [0, 0.05) is 6.54 Å². The first-order valence-electron chi connectivity index (χ1n) is 8.99. The number of benzene rings is 1. The van der Waals surface area contributed by atoms with Gasteiger partial charge in [-0.15, -0.1) is 0 Å². The molecule has 2 heterocycles. The van der Waals surface area contributed by atoms with Gasteiger partial charge in [-0.3, -0.25) is 14.2 Å². The minimum atomic E-state index is -0.664. The Morgan fingerprint density at radius 2 is 2.10 bits per heavy atom. The van der Waals surface area contributed by atoms with Crippen LogP contribution in [0.5, 0.6) is 5.75 Å². The van der Waals surface area contributed by atoms with Crippen LogP contribution in [0.4, 0.5) is 0 Å². The van der Waals surface area contributed by atoms with E-state index in [2.05, 4.69) is 10.3 Å². The van der Waals surface area contributed by atoms with Crippen molar-refractivity contribution in [2.24, 2.45) is 0 Å². The fourth-order valence-electron chi connectivity index (χ4n) is 2.89. The van der Waals surface area contributed by atoms with Gasteiger partial charge in [-0.05, 0) is 31.5 Å². The summed E-state index contributed by atoms with van der Waals surface area (Å²) in [6, 6.07) is 7.28. The van der Waals surface area contributed by atoms with Crippen LogP contribution in [0.3, 0.4) is 0 Å². The van der Waals surface area contributed by atoms with Crippen LogP contribution in [-0.2, 0) is 22.6 Å². The summed E-state index contributed by atoms with van der Waals surface area (Å²) in [5.74, 6) is -0.121. The second kappa shape index (κ2) is 8.59. The highest BCUT2D eigenvalue weighted by molar-refractivity contribution is 6.03. The van der Waals surface area contributed by atoms with E-state index in [4.69, 9.17) is 13.9 Å². The molecule has 0 unspecified atom stereocenters. The lowest BCUT2D eigenvalue weighted by atomic mass is 10.2. The summed E-state index contributed by atoms with van der Waals surface area (Å²) in [5.41, 5.74) is 0.370. The molecule has 0 aliphatic heterocycles. The molecule has 0 radical (unpaired) electrons. The fourth-order valence-corrected chi connectivity index (χ4v) is 2.89. The van der Waals surface area contributed by atoms with Crippen molar-refractivity contribution in [1.82, 2.24) is 14.9 Å². The van der Waals surface area contributed by atoms with E-state index in [9.17, 15) is 14.4 Å². The summed E-state index contributed by atoms with van der Waals surface area (Å²) >= 11 is 0. The summed E-state index contributed by atoms with van der Waals surface area (Å²) < 4.78 is 16.7. The Morgan fingerprint density at radius 1 is 1.31 bits per heavy atom. The van der Waals surface area contributed by atoms with Crippen molar-refractivity contribution in [3.63, 3.8) is 0 Å². The molecule has 0 saturated heterocycles. The molecule has 0 aliphatic carbocycles. The number of nitrogens with zero attached hydrogens (tertiary/aromatic N) is 2. The van der Waals surface area contributed by atoms with Gasteiger partial charge in [0.2, 0.25) is 11.6 Å². The Morgan fingerprint density at radius 3 is 2.83 bits per heavy atom. The van der Waals surface area contributed by atoms with Crippen LogP contribution in [-0.4, -0.2) is 35.1 Å². The van der Waals surface area contributed by atoms with E-state index in [0.29, 0.717) is 5.75 Å². The number of amides is 1. The first-order valence-corrected chi connectivity index (χ1v) is 8.99. The molecule has 0 saturated carbocycles. The number of rotatable bonds is 7. The standard InChI is InChI=1S/C20H21N3O6/c1-4-28-20(26)16-12(2)29-18-17(16)19(25)23(11-22-18)10-15(24)21-9-13-6-5-7-14(8-13)27-3/h5-8,11H,4,9-10H2,1-3H3,(H,21,24). The number of ether oxygens (including phenoxy) is 2. The van der Waals surface area contributed by atoms with E-state index < -0.39 is 11.5 Å². The zero-order chi connectivity index (χ0) is 21.0. The normalized spacial score (nSPS) is 10.7. The first kappa shape index (κ1) is 20.1. The molecule has 1 amide bonds. The van der Waals surface area contributed by atoms with Gasteiger partial charge < -0.3 is 19.2 Å². The van der Waals surface area contributed by atoms with Crippen molar-refractivity contribution in [3.05, 3.63) is 57.8 Å². The number of furan rings is 1.